The molecule has 0 fully saturated rings. The first-order valence-electron chi connectivity index (χ1n) is 6.99. The number of nitrogens with zero attached hydrogens (tertiary/aromatic N) is 1. The zero-order valence-corrected chi connectivity index (χ0v) is 11.5. The van der Waals surface area contributed by atoms with E-state index in [9.17, 15) is 4.79 Å². The second-order valence-electron chi connectivity index (χ2n) is 5.07. The van der Waals surface area contributed by atoms with E-state index in [1.54, 1.807) is 0 Å². The third kappa shape index (κ3) is 1.76. The zero-order valence-electron chi connectivity index (χ0n) is 11.5. The predicted octanol–water partition coefficient (Wildman–Crippen LogP) is 3.33. The molecule has 0 bridgehead atoms. The van der Waals surface area contributed by atoms with Crippen LogP contribution in [0.1, 0.15) is 41.4 Å². The predicted molar refractivity (Wildman–Crippen MR) is 75.6 cm³/mol. The highest BCUT2D eigenvalue weighted by Crippen LogP contribution is 2.34. The number of fused-ring (bicyclic) bond motifs is 3. The Bertz CT molecular complexity index is 640. The van der Waals surface area contributed by atoms with Crippen LogP contribution in [0.15, 0.2) is 18.2 Å². The molecule has 0 atom stereocenters. The van der Waals surface area contributed by atoms with E-state index in [4.69, 9.17) is 4.74 Å². The lowest BCUT2D eigenvalue weighted by Crippen LogP contribution is -2.09. The molecule has 19 heavy (non-hydrogen) atoms. The molecule has 0 unspecified atom stereocenters. The molecule has 3 rings (SSSR count). The summed E-state index contributed by atoms with van der Waals surface area (Å²) >= 11 is 0. The number of rotatable bonds is 2. The second-order valence-corrected chi connectivity index (χ2v) is 5.07. The molecule has 100 valence electrons. The molecule has 0 radical (unpaired) electrons. The number of hydrogen-bond acceptors (Lipinski definition) is 2. The van der Waals surface area contributed by atoms with Gasteiger partial charge in [-0.2, -0.15) is 0 Å². The molecule has 1 aliphatic carbocycles. The second kappa shape index (κ2) is 4.72. The van der Waals surface area contributed by atoms with Crippen LogP contribution >= 0.6 is 0 Å². The van der Waals surface area contributed by atoms with Crippen molar-refractivity contribution in [2.75, 3.05) is 7.11 Å². The van der Waals surface area contributed by atoms with Gasteiger partial charge in [0.05, 0.1) is 18.2 Å². The van der Waals surface area contributed by atoms with Crippen LogP contribution in [0, 0.1) is 0 Å². The van der Waals surface area contributed by atoms with E-state index in [0.29, 0.717) is 5.56 Å². The minimum absolute atomic E-state index is 0.241. The summed E-state index contributed by atoms with van der Waals surface area (Å²) in [7, 11) is 1.44. The Kier molecular flexibility index (Phi) is 3.05. The van der Waals surface area contributed by atoms with Gasteiger partial charge in [0.25, 0.3) is 0 Å². The normalized spacial score (nSPS) is 14.4. The van der Waals surface area contributed by atoms with Gasteiger partial charge in [-0.05, 0) is 44.2 Å². The molecule has 1 aromatic heterocycles. The summed E-state index contributed by atoms with van der Waals surface area (Å²) in [5, 5.41) is 1.24. The van der Waals surface area contributed by atoms with Gasteiger partial charge < -0.3 is 9.30 Å². The highest BCUT2D eigenvalue weighted by Gasteiger charge is 2.22. The van der Waals surface area contributed by atoms with E-state index >= 15 is 0 Å². The Hall–Kier alpha value is -1.77. The van der Waals surface area contributed by atoms with Crippen molar-refractivity contribution in [1.29, 1.82) is 0 Å². The molecule has 0 saturated heterocycles. The van der Waals surface area contributed by atoms with Crippen LogP contribution in [-0.4, -0.2) is 17.6 Å². The van der Waals surface area contributed by atoms with Gasteiger partial charge in [-0.3, -0.25) is 0 Å². The van der Waals surface area contributed by atoms with Crippen molar-refractivity contribution >= 4 is 16.9 Å². The number of carbonyl (C=O) groups is 1. The molecule has 1 heterocycles. The fraction of sp³-hybridized carbons (Fsp3) is 0.438. The smallest absolute Gasteiger partial charge is 0.340 e. The summed E-state index contributed by atoms with van der Waals surface area (Å²) in [6.07, 6.45) is 4.75. The third-order valence-corrected chi connectivity index (χ3v) is 4.12. The zero-order chi connectivity index (χ0) is 13.4. The molecule has 3 heteroatoms. The van der Waals surface area contributed by atoms with Crippen molar-refractivity contribution < 1.29 is 9.53 Å². The molecule has 0 saturated carbocycles. The molecular weight excluding hydrogens is 238 g/mol. The fourth-order valence-electron chi connectivity index (χ4n) is 3.31. The monoisotopic (exact) mass is 257 g/mol. The van der Waals surface area contributed by atoms with Crippen LogP contribution in [0.4, 0.5) is 0 Å². The third-order valence-electron chi connectivity index (χ3n) is 4.12. The van der Waals surface area contributed by atoms with E-state index in [2.05, 4.69) is 17.6 Å². The Balaban J connectivity index is 2.36. The lowest BCUT2D eigenvalue weighted by atomic mass is 9.95. The van der Waals surface area contributed by atoms with Crippen molar-refractivity contribution in [3.05, 3.63) is 35.0 Å². The van der Waals surface area contributed by atoms with Gasteiger partial charge in [-0.15, -0.1) is 0 Å². The lowest BCUT2D eigenvalue weighted by Gasteiger charge is -2.14. The Morgan fingerprint density at radius 1 is 1.32 bits per heavy atom. The molecule has 0 N–H and O–H groups in total. The summed E-state index contributed by atoms with van der Waals surface area (Å²) in [5.41, 5.74) is 4.61. The summed E-state index contributed by atoms with van der Waals surface area (Å²) < 4.78 is 7.23. The minimum atomic E-state index is -0.241. The number of esters is 1. The van der Waals surface area contributed by atoms with E-state index < -0.39 is 0 Å². The largest absolute Gasteiger partial charge is 0.465 e. The molecule has 1 aromatic carbocycles. The van der Waals surface area contributed by atoms with Crippen LogP contribution in [-0.2, 0) is 24.1 Å². The summed E-state index contributed by atoms with van der Waals surface area (Å²) in [5.74, 6) is -0.241. The van der Waals surface area contributed by atoms with Crippen LogP contribution in [0.2, 0.25) is 0 Å². The highest BCUT2D eigenvalue weighted by molar-refractivity contribution is 6.04. The van der Waals surface area contributed by atoms with Crippen molar-refractivity contribution in [2.24, 2.45) is 0 Å². The van der Waals surface area contributed by atoms with E-state index in [1.165, 1.54) is 36.6 Å². The number of aromatic nitrogens is 1. The summed E-state index contributed by atoms with van der Waals surface area (Å²) in [6, 6.07) is 5.97. The maximum Gasteiger partial charge on any atom is 0.340 e. The quantitative estimate of drug-likeness (QED) is 0.773. The van der Waals surface area contributed by atoms with Crippen molar-refractivity contribution in [1.82, 2.24) is 4.57 Å². The maximum absolute atomic E-state index is 12.0. The maximum atomic E-state index is 12.0. The van der Waals surface area contributed by atoms with E-state index in [-0.39, 0.29) is 5.97 Å². The minimum Gasteiger partial charge on any atom is -0.465 e. The van der Waals surface area contributed by atoms with Crippen molar-refractivity contribution in [3.8, 4) is 0 Å². The molecule has 0 aliphatic heterocycles. The first kappa shape index (κ1) is 12.3. The molecule has 1 aliphatic rings. The number of methoxy groups -OCH3 is 1. The van der Waals surface area contributed by atoms with Gasteiger partial charge in [0, 0.05) is 17.6 Å². The average molecular weight is 257 g/mol. The first-order valence-corrected chi connectivity index (χ1v) is 6.99. The van der Waals surface area contributed by atoms with Gasteiger partial charge in [0.15, 0.2) is 0 Å². The van der Waals surface area contributed by atoms with Gasteiger partial charge in [-0.25, -0.2) is 4.79 Å². The van der Waals surface area contributed by atoms with Crippen LogP contribution < -0.4 is 0 Å². The summed E-state index contributed by atoms with van der Waals surface area (Å²) in [6.45, 7) is 3.04. The van der Waals surface area contributed by atoms with Gasteiger partial charge >= 0.3 is 5.97 Å². The van der Waals surface area contributed by atoms with Crippen molar-refractivity contribution in [2.45, 2.75) is 39.2 Å². The number of para-hydroxylation sites is 1. The lowest BCUT2D eigenvalue weighted by molar-refractivity contribution is 0.0602. The number of ether oxygens (including phenoxy) is 1. The molecule has 0 spiro atoms. The topological polar surface area (TPSA) is 31.2 Å². The Morgan fingerprint density at radius 3 is 2.84 bits per heavy atom. The van der Waals surface area contributed by atoms with Crippen LogP contribution in [0.3, 0.4) is 0 Å². The van der Waals surface area contributed by atoms with E-state index in [0.717, 1.165) is 24.9 Å². The molecule has 2 aromatic rings. The number of benzene rings is 1. The van der Waals surface area contributed by atoms with Gasteiger partial charge in [0.2, 0.25) is 0 Å². The van der Waals surface area contributed by atoms with Crippen LogP contribution in [0.5, 0.6) is 0 Å². The van der Waals surface area contributed by atoms with Gasteiger partial charge in [-0.1, -0.05) is 12.1 Å². The Labute approximate surface area is 113 Å². The number of carbonyl (C=O) groups excluding carboxylic acids is 1. The molecular formula is C16H19NO2. The van der Waals surface area contributed by atoms with Crippen molar-refractivity contribution in [3.63, 3.8) is 0 Å². The number of aryl methyl sites for hydroxylation is 2. The van der Waals surface area contributed by atoms with Crippen LogP contribution in [0.25, 0.3) is 10.9 Å². The average Bonchev–Trinajstić information content (AvgIpc) is 2.80. The molecule has 3 nitrogen and oxygen atoms in total. The van der Waals surface area contributed by atoms with Gasteiger partial charge in [0.1, 0.15) is 0 Å². The highest BCUT2D eigenvalue weighted by atomic mass is 16.5. The summed E-state index contributed by atoms with van der Waals surface area (Å²) in [4.78, 5) is 12.0. The first-order chi connectivity index (χ1) is 9.27. The number of hydrogen-bond donors (Lipinski definition) is 0. The SMILES string of the molecule is CCn1c2c(c3cccc(C(=O)OC)c31)CCCC2. The Morgan fingerprint density at radius 2 is 2.11 bits per heavy atom. The standard InChI is InChI=1S/C16H19NO2/c1-3-17-14-10-5-4-7-11(14)12-8-6-9-13(15(12)17)16(18)19-2/h6,8-9H,3-5,7,10H2,1-2H3. The fourth-order valence-corrected chi connectivity index (χ4v) is 3.31. The van der Waals surface area contributed by atoms with E-state index in [1.807, 2.05) is 12.1 Å². The molecule has 0 amide bonds.